The molecule has 0 spiro atoms. The van der Waals surface area contributed by atoms with E-state index in [1.807, 2.05) is 18.2 Å². The summed E-state index contributed by atoms with van der Waals surface area (Å²) in [5.74, 6) is 0.922. The number of benzene rings is 1. The number of rotatable bonds is 5. The zero-order valence-electron chi connectivity index (χ0n) is 10.8. The molecule has 0 saturated heterocycles. The van der Waals surface area contributed by atoms with Crippen LogP contribution in [-0.4, -0.2) is 28.2 Å². The van der Waals surface area contributed by atoms with Crippen LogP contribution in [0.2, 0.25) is 0 Å². The summed E-state index contributed by atoms with van der Waals surface area (Å²) in [5, 5.41) is 9.15. The Morgan fingerprint density at radius 1 is 1.55 bits per heavy atom. The number of nitrogens with zero attached hydrogens (tertiary/aromatic N) is 1. The van der Waals surface area contributed by atoms with Crippen molar-refractivity contribution in [1.82, 2.24) is 10.2 Å². The summed E-state index contributed by atoms with van der Waals surface area (Å²) in [7, 11) is 1.58. The highest BCUT2D eigenvalue weighted by Crippen LogP contribution is 2.15. The smallest absolute Gasteiger partial charge is 0.229 e. The number of nitrogens with one attached hydrogen (secondary N) is 2. The van der Waals surface area contributed by atoms with Crippen LogP contribution in [0.1, 0.15) is 11.1 Å². The number of nitrogens with two attached hydrogens (primary N) is 1. The molecule has 0 aliphatic heterocycles. The Kier molecular flexibility index (Phi) is 4.31. The molecular formula is C13H14N4O2S. The lowest BCUT2D eigenvalue weighted by Gasteiger charge is -2.06. The number of aromatic amines is 1. The molecule has 0 saturated carbocycles. The molecule has 1 amide bonds. The fourth-order valence-corrected chi connectivity index (χ4v) is 1.87. The van der Waals surface area contributed by atoms with Crippen molar-refractivity contribution in [3.05, 3.63) is 41.6 Å². The molecule has 0 aliphatic carbocycles. The third-order valence-corrected chi connectivity index (χ3v) is 2.89. The summed E-state index contributed by atoms with van der Waals surface area (Å²) < 4.78 is 5.11. The van der Waals surface area contributed by atoms with Gasteiger partial charge in [0.25, 0.3) is 0 Å². The maximum absolute atomic E-state index is 12.0. The molecule has 7 heteroatoms. The van der Waals surface area contributed by atoms with Crippen LogP contribution in [0, 0.1) is 0 Å². The molecule has 1 aromatic heterocycles. The van der Waals surface area contributed by atoms with E-state index in [2.05, 4.69) is 15.5 Å². The van der Waals surface area contributed by atoms with Gasteiger partial charge in [-0.1, -0.05) is 24.4 Å². The number of carbonyl (C=O) groups is 1. The average molecular weight is 290 g/mol. The summed E-state index contributed by atoms with van der Waals surface area (Å²) in [6.45, 7) is 0. The van der Waals surface area contributed by atoms with Gasteiger partial charge in [-0.15, -0.1) is 0 Å². The van der Waals surface area contributed by atoms with E-state index in [0.29, 0.717) is 17.1 Å². The van der Waals surface area contributed by atoms with Gasteiger partial charge in [-0.2, -0.15) is 5.10 Å². The molecule has 104 valence electrons. The number of aromatic nitrogens is 2. The molecule has 1 heterocycles. The van der Waals surface area contributed by atoms with Gasteiger partial charge in [0.1, 0.15) is 16.6 Å². The van der Waals surface area contributed by atoms with Crippen molar-refractivity contribution < 1.29 is 9.53 Å². The lowest BCUT2D eigenvalue weighted by atomic mass is 10.1. The van der Waals surface area contributed by atoms with Crippen molar-refractivity contribution in [2.24, 2.45) is 5.73 Å². The monoisotopic (exact) mass is 290 g/mol. The molecule has 20 heavy (non-hydrogen) atoms. The van der Waals surface area contributed by atoms with Crippen molar-refractivity contribution in [1.29, 1.82) is 0 Å². The van der Waals surface area contributed by atoms with Gasteiger partial charge in [0.15, 0.2) is 0 Å². The SMILES string of the molecule is COc1cccc(CC(=O)Nc2[nH]ncc2C(N)=S)c1. The van der Waals surface area contributed by atoms with Crippen molar-refractivity contribution in [2.75, 3.05) is 12.4 Å². The number of amides is 1. The number of methoxy groups -OCH3 is 1. The average Bonchev–Trinajstić information content (AvgIpc) is 2.87. The molecular weight excluding hydrogens is 276 g/mol. The van der Waals surface area contributed by atoms with Gasteiger partial charge in [0.2, 0.25) is 5.91 Å². The van der Waals surface area contributed by atoms with E-state index in [-0.39, 0.29) is 17.3 Å². The van der Waals surface area contributed by atoms with Gasteiger partial charge in [-0.25, -0.2) is 0 Å². The highest BCUT2D eigenvalue weighted by Gasteiger charge is 2.11. The zero-order valence-corrected chi connectivity index (χ0v) is 11.7. The summed E-state index contributed by atoms with van der Waals surface area (Å²) in [6, 6.07) is 7.31. The Balaban J connectivity index is 2.05. The van der Waals surface area contributed by atoms with E-state index < -0.39 is 0 Å². The van der Waals surface area contributed by atoms with Crippen molar-refractivity contribution >= 4 is 28.9 Å². The third-order valence-electron chi connectivity index (χ3n) is 2.67. The number of thiocarbonyl (C=S) groups is 1. The molecule has 6 nitrogen and oxygen atoms in total. The van der Waals surface area contributed by atoms with Crippen LogP contribution in [0.15, 0.2) is 30.5 Å². The van der Waals surface area contributed by atoms with Gasteiger partial charge in [0.05, 0.1) is 25.3 Å². The Morgan fingerprint density at radius 2 is 2.35 bits per heavy atom. The summed E-state index contributed by atoms with van der Waals surface area (Å²) in [4.78, 5) is 12.1. The first-order valence-corrected chi connectivity index (χ1v) is 6.27. The van der Waals surface area contributed by atoms with E-state index in [0.717, 1.165) is 5.56 Å². The molecule has 0 unspecified atom stereocenters. The molecule has 0 radical (unpaired) electrons. The standard InChI is InChI=1S/C13H14N4O2S/c1-19-9-4-2-3-8(5-9)6-11(18)16-13-10(12(14)20)7-15-17-13/h2-5,7H,6H2,1H3,(H2,14,20)(H2,15,16,17,18). The Labute approximate surface area is 121 Å². The maximum atomic E-state index is 12.0. The minimum absolute atomic E-state index is 0.176. The Bertz CT molecular complexity index is 639. The first kappa shape index (κ1) is 14.0. The van der Waals surface area contributed by atoms with Gasteiger partial charge < -0.3 is 15.8 Å². The quantitative estimate of drug-likeness (QED) is 0.720. The number of ether oxygens (including phenoxy) is 1. The first-order valence-electron chi connectivity index (χ1n) is 5.86. The van der Waals surface area contributed by atoms with Gasteiger partial charge >= 0.3 is 0 Å². The van der Waals surface area contributed by atoms with E-state index in [1.165, 1.54) is 6.20 Å². The first-order chi connectivity index (χ1) is 9.60. The fraction of sp³-hybridized carbons (Fsp3) is 0.154. The second kappa shape index (κ2) is 6.16. The highest BCUT2D eigenvalue weighted by molar-refractivity contribution is 7.80. The molecule has 2 rings (SSSR count). The number of anilines is 1. The number of H-pyrrole nitrogens is 1. The molecule has 0 atom stereocenters. The number of hydrogen-bond donors (Lipinski definition) is 3. The summed E-state index contributed by atoms with van der Waals surface area (Å²) >= 11 is 4.87. The second-order valence-electron chi connectivity index (χ2n) is 4.10. The van der Waals surface area contributed by atoms with Crippen molar-refractivity contribution in [3.8, 4) is 5.75 Å². The maximum Gasteiger partial charge on any atom is 0.229 e. The Morgan fingerprint density at radius 3 is 3.05 bits per heavy atom. The van der Waals surface area contributed by atoms with E-state index >= 15 is 0 Å². The molecule has 1 aromatic carbocycles. The minimum Gasteiger partial charge on any atom is -0.497 e. The van der Waals surface area contributed by atoms with Crippen LogP contribution in [-0.2, 0) is 11.2 Å². The summed E-state index contributed by atoms with van der Waals surface area (Å²) in [5.41, 5.74) is 6.89. The predicted molar refractivity (Wildman–Crippen MR) is 79.8 cm³/mol. The minimum atomic E-state index is -0.194. The van der Waals surface area contributed by atoms with Crippen LogP contribution in [0.3, 0.4) is 0 Å². The van der Waals surface area contributed by atoms with Crippen LogP contribution >= 0.6 is 12.2 Å². The van der Waals surface area contributed by atoms with Crippen LogP contribution in [0.5, 0.6) is 5.75 Å². The molecule has 2 aromatic rings. The van der Waals surface area contributed by atoms with Gasteiger partial charge in [0, 0.05) is 0 Å². The van der Waals surface area contributed by atoms with Crippen LogP contribution in [0.4, 0.5) is 5.82 Å². The largest absolute Gasteiger partial charge is 0.497 e. The van der Waals surface area contributed by atoms with E-state index in [9.17, 15) is 4.79 Å². The lowest BCUT2D eigenvalue weighted by molar-refractivity contribution is -0.115. The van der Waals surface area contributed by atoms with Gasteiger partial charge in [-0.05, 0) is 17.7 Å². The molecule has 0 bridgehead atoms. The highest BCUT2D eigenvalue weighted by atomic mass is 32.1. The predicted octanol–water partition coefficient (Wildman–Crippen LogP) is 1.23. The normalized spacial score (nSPS) is 10.1. The van der Waals surface area contributed by atoms with Crippen LogP contribution in [0.25, 0.3) is 0 Å². The number of hydrogen-bond acceptors (Lipinski definition) is 4. The zero-order chi connectivity index (χ0) is 14.5. The van der Waals surface area contributed by atoms with Gasteiger partial charge in [-0.3, -0.25) is 9.89 Å². The molecule has 0 aliphatic rings. The lowest BCUT2D eigenvalue weighted by Crippen LogP contribution is -2.18. The Hall–Kier alpha value is -2.41. The van der Waals surface area contributed by atoms with E-state index in [1.54, 1.807) is 13.2 Å². The molecule has 0 fully saturated rings. The topological polar surface area (TPSA) is 93.0 Å². The second-order valence-corrected chi connectivity index (χ2v) is 4.54. The van der Waals surface area contributed by atoms with Crippen molar-refractivity contribution in [2.45, 2.75) is 6.42 Å². The molecule has 4 N–H and O–H groups in total. The van der Waals surface area contributed by atoms with E-state index in [4.69, 9.17) is 22.7 Å². The fourth-order valence-electron chi connectivity index (χ4n) is 1.72. The van der Waals surface area contributed by atoms with Crippen molar-refractivity contribution in [3.63, 3.8) is 0 Å². The van der Waals surface area contributed by atoms with Crippen LogP contribution < -0.4 is 15.8 Å². The third kappa shape index (κ3) is 3.33. The number of carbonyl (C=O) groups excluding carboxylic acids is 1. The summed E-state index contributed by atoms with van der Waals surface area (Å²) in [6.07, 6.45) is 1.69.